The molecule has 0 saturated heterocycles. The minimum atomic E-state index is -0.0551. The standard InChI is InChI=1S/C17H22N2O2/c1-4-19(17(21)13-8-9-13)15-7-5-6-14(12-15)16(20)10-11-18(2)3/h5-7,10-13H,4,8-9H2,1-3H3/b11-10+. The Hall–Kier alpha value is -2.10. The first-order valence-electron chi connectivity index (χ1n) is 7.33. The van der Waals surface area contributed by atoms with Crippen LogP contribution in [0.4, 0.5) is 5.69 Å². The molecule has 1 aliphatic carbocycles. The highest BCUT2D eigenvalue weighted by atomic mass is 16.2. The van der Waals surface area contributed by atoms with E-state index in [2.05, 4.69) is 0 Å². The lowest BCUT2D eigenvalue weighted by Crippen LogP contribution is -2.31. The molecule has 2 rings (SSSR count). The number of allylic oxidation sites excluding steroid dienone is 1. The Bertz CT molecular complexity index is 560. The monoisotopic (exact) mass is 286 g/mol. The Morgan fingerprint density at radius 2 is 2.00 bits per heavy atom. The third kappa shape index (κ3) is 3.94. The highest BCUT2D eigenvalue weighted by Gasteiger charge is 2.33. The van der Waals surface area contributed by atoms with Crippen LogP contribution in [0, 0.1) is 5.92 Å². The van der Waals surface area contributed by atoms with E-state index in [1.165, 1.54) is 6.08 Å². The Kier molecular flexibility index (Phi) is 4.78. The predicted molar refractivity (Wildman–Crippen MR) is 84.4 cm³/mol. The number of anilines is 1. The van der Waals surface area contributed by atoms with Crippen LogP contribution in [0.3, 0.4) is 0 Å². The van der Waals surface area contributed by atoms with Gasteiger partial charge in [-0.25, -0.2) is 0 Å². The second-order valence-electron chi connectivity index (χ2n) is 5.55. The number of carbonyl (C=O) groups is 2. The van der Waals surface area contributed by atoms with E-state index in [4.69, 9.17) is 0 Å². The van der Waals surface area contributed by atoms with Gasteiger partial charge in [0.15, 0.2) is 5.78 Å². The number of hydrogen-bond donors (Lipinski definition) is 0. The average Bonchev–Trinajstić information content (AvgIpc) is 3.30. The van der Waals surface area contributed by atoms with Crippen LogP contribution in [0.2, 0.25) is 0 Å². The molecular weight excluding hydrogens is 264 g/mol. The van der Waals surface area contributed by atoms with Crippen LogP contribution < -0.4 is 4.90 Å². The van der Waals surface area contributed by atoms with Crippen molar-refractivity contribution in [3.8, 4) is 0 Å². The van der Waals surface area contributed by atoms with E-state index < -0.39 is 0 Å². The summed E-state index contributed by atoms with van der Waals surface area (Å²) in [5.41, 5.74) is 1.41. The zero-order chi connectivity index (χ0) is 15.4. The Labute approximate surface area is 126 Å². The molecule has 21 heavy (non-hydrogen) atoms. The van der Waals surface area contributed by atoms with Gasteiger partial charge in [0.1, 0.15) is 0 Å². The van der Waals surface area contributed by atoms with Gasteiger partial charge in [-0.3, -0.25) is 9.59 Å². The average molecular weight is 286 g/mol. The van der Waals surface area contributed by atoms with Crippen molar-refractivity contribution in [3.05, 3.63) is 42.1 Å². The topological polar surface area (TPSA) is 40.6 Å². The molecule has 1 aliphatic rings. The summed E-state index contributed by atoms with van der Waals surface area (Å²) < 4.78 is 0. The van der Waals surface area contributed by atoms with Crippen LogP contribution in [0.15, 0.2) is 36.5 Å². The summed E-state index contributed by atoms with van der Waals surface area (Å²) >= 11 is 0. The van der Waals surface area contributed by atoms with Gasteiger partial charge in [-0.05, 0) is 31.9 Å². The van der Waals surface area contributed by atoms with Crippen molar-refractivity contribution in [3.63, 3.8) is 0 Å². The fraction of sp³-hybridized carbons (Fsp3) is 0.412. The van der Waals surface area contributed by atoms with E-state index in [0.717, 1.165) is 18.5 Å². The van der Waals surface area contributed by atoms with E-state index in [1.807, 2.05) is 38.1 Å². The van der Waals surface area contributed by atoms with Crippen molar-refractivity contribution in [2.45, 2.75) is 19.8 Å². The van der Waals surface area contributed by atoms with Crippen molar-refractivity contribution < 1.29 is 9.59 Å². The molecule has 0 bridgehead atoms. The number of hydrogen-bond acceptors (Lipinski definition) is 3. The molecule has 0 spiro atoms. The van der Waals surface area contributed by atoms with Crippen molar-refractivity contribution in [2.24, 2.45) is 5.92 Å². The van der Waals surface area contributed by atoms with Crippen LogP contribution in [0.1, 0.15) is 30.1 Å². The van der Waals surface area contributed by atoms with Crippen molar-refractivity contribution in [1.82, 2.24) is 4.90 Å². The van der Waals surface area contributed by atoms with Gasteiger partial charge in [0.05, 0.1) is 0 Å². The van der Waals surface area contributed by atoms with Crippen molar-refractivity contribution >= 4 is 17.4 Å². The van der Waals surface area contributed by atoms with Crippen LogP contribution >= 0.6 is 0 Å². The summed E-state index contributed by atoms with van der Waals surface area (Å²) in [4.78, 5) is 27.9. The van der Waals surface area contributed by atoms with Gasteiger partial charge in [0.25, 0.3) is 0 Å². The second-order valence-corrected chi connectivity index (χ2v) is 5.55. The molecule has 1 aromatic rings. The summed E-state index contributed by atoms with van der Waals surface area (Å²) in [7, 11) is 3.74. The summed E-state index contributed by atoms with van der Waals surface area (Å²) in [5.74, 6) is 0.296. The van der Waals surface area contributed by atoms with Gasteiger partial charge in [-0.15, -0.1) is 0 Å². The van der Waals surface area contributed by atoms with Gasteiger partial charge in [0, 0.05) is 50.1 Å². The molecule has 0 heterocycles. The van der Waals surface area contributed by atoms with E-state index >= 15 is 0 Å². The zero-order valence-corrected chi connectivity index (χ0v) is 12.9. The number of nitrogens with zero attached hydrogens (tertiary/aromatic N) is 2. The second kappa shape index (κ2) is 6.57. The first-order chi connectivity index (χ1) is 10.0. The van der Waals surface area contributed by atoms with E-state index in [1.54, 1.807) is 23.2 Å². The summed E-state index contributed by atoms with van der Waals surface area (Å²) in [5, 5.41) is 0. The maximum absolute atomic E-state index is 12.3. The third-order valence-corrected chi connectivity index (χ3v) is 3.48. The van der Waals surface area contributed by atoms with Gasteiger partial charge in [-0.1, -0.05) is 12.1 Å². The first-order valence-corrected chi connectivity index (χ1v) is 7.33. The number of carbonyl (C=O) groups excluding carboxylic acids is 2. The fourth-order valence-corrected chi connectivity index (χ4v) is 2.16. The minimum absolute atomic E-state index is 0.0551. The normalized spacial score (nSPS) is 14.2. The Morgan fingerprint density at radius 1 is 1.29 bits per heavy atom. The quantitative estimate of drug-likeness (QED) is 0.596. The molecule has 4 nitrogen and oxygen atoms in total. The van der Waals surface area contributed by atoms with Crippen molar-refractivity contribution in [1.29, 1.82) is 0 Å². The maximum Gasteiger partial charge on any atom is 0.230 e. The molecule has 0 aliphatic heterocycles. The minimum Gasteiger partial charge on any atom is -0.383 e. The van der Waals surface area contributed by atoms with Gasteiger partial charge >= 0.3 is 0 Å². The largest absolute Gasteiger partial charge is 0.383 e. The Morgan fingerprint density at radius 3 is 2.57 bits per heavy atom. The van der Waals surface area contributed by atoms with E-state index in [0.29, 0.717) is 12.1 Å². The SMILES string of the molecule is CCN(C(=O)C1CC1)c1cccc(C(=O)/C=C/N(C)C)c1. The van der Waals surface area contributed by atoms with Gasteiger partial charge in [-0.2, -0.15) is 0 Å². The lowest BCUT2D eigenvalue weighted by atomic mass is 10.1. The molecule has 1 aromatic carbocycles. The molecule has 0 aromatic heterocycles. The molecule has 0 atom stereocenters. The molecule has 112 valence electrons. The molecule has 1 amide bonds. The molecule has 0 radical (unpaired) electrons. The summed E-state index contributed by atoms with van der Waals surface area (Å²) in [6.07, 6.45) is 5.24. The number of amides is 1. The van der Waals surface area contributed by atoms with E-state index in [-0.39, 0.29) is 17.6 Å². The third-order valence-electron chi connectivity index (χ3n) is 3.48. The number of benzene rings is 1. The molecule has 0 unspecified atom stereocenters. The van der Waals surface area contributed by atoms with Gasteiger partial charge < -0.3 is 9.80 Å². The van der Waals surface area contributed by atoms with Crippen LogP contribution in [-0.2, 0) is 4.79 Å². The van der Waals surface area contributed by atoms with Crippen molar-refractivity contribution in [2.75, 3.05) is 25.5 Å². The molecule has 0 N–H and O–H groups in total. The summed E-state index contributed by atoms with van der Waals surface area (Å²) in [6, 6.07) is 7.29. The van der Waals surface area contributed by atoms with Gasteiger partial charge in [0.2, 0.25) is 5.91 Å². The number of ketones is 1. The Balaban J connectivity index is 2.19. The molecule has 4 heteroatoms. The highest BCUT2D eigenvalue weighted by molar-refractivity contribution is 6.06. The summed E-state index contributed by atoms with van der Waals surface area (Å²) in [6.45, 7) is 2.58. The lowest BCUT2D eigenvalue weighted by molar-refractivity contribution is -0.119. The zero-order valence-electron chi connectivity index (χ0n) is 12.9. The smallest absolute Gasteiger partial charge is 0.230 e. The molecular formula is C17H22N2O2. The van der Waals surface area contributed by atoms with Crippen LogP contribution in [0.5, 0.6) is 0 Å². The number of rotatable bonds is 6. The molecule has 1 fully saturated rings. The first kappa shape index (κ1) is 15.3. The molecule has 1 saturated carbocycles. The maximum atomic E-state index is 12.3. The lowest BCUT2D eigenvalue weighted by Gasteiger charge is -2.21. The van der Waals surface area contributed by atoms with Crippen LogP contribution in [-0.4, -0.2) is 37.2 Å². The highest BCUT2D eigenvalue weighted by Crippen LogP contribution is 2.32. The predicted octanol–water partition coefficient (Wildman–Crippen LogP) is 2.71. The van der Waals surface area contributed by atoms with Crippen LogP contribution in [0.25, 0.3) is 0 Å². The van der Waals surface area contributed by atoms with E-state index in [9.17, 15) is 9.59 Å². The fourth-order valence-electron chi connectivity index (χ4n) is 2.16.